The molecule has 0 saturated carbocycles. The lowest BCUT2D eigenvalue weighted by Gasteiger charge is -2.30. The molecule has 2 heterocycles. The molecule has 2 rings (SSSR count). The predicted octanol–water partition coefficient (Wildman–Crippen LogP) is -0.836. The second-order valence-corrected chi connectivity index (χ2v) is 4.14. The first-order valence-corrected chi connectivity index (χ1v) is 6.31. The van der Waals surface area contributed by atoms with Crippen LogP contribution in [0.15, 0.2) is 24.8 Å². The third-order valence-electron chi connectivity index (χ3n) is 2.62. The number of quaternary nitrogens is 1. The molecule has 0 fully saturated rings. The zero-order chi connectivity index (χ0) is 13.3. The smallest absolute Gasteiger partial charge is 0.178 e. The Bertz CT molecular complexity index is 369. The van der Waals surface area contributed by atoms with Crippen LogP contribution in [0.1, 0.15) is 6.42 Å². The predicted molar refractivity (Wildman–Crippen MR) is 67.5 cm³/mol. The fourth-order valence-electron chi connectivity index (χ4n) is 1.65. The summed E-state index contributed by atoms with van der Waals surface area (Å²) in [6.07, 6.45) is 8.33. The summed E-state index contributed by atoms with van der Waals surface area (Å²) >= 11 is 0. The van der Waals surface area contributed by atoms with Crippen LogP contribution in [0, 0.1) is 0 Å². The van der Waals surface area contributed by atoms with Crippen molar-refractivity contribution in [1.82, 2.24) is 20.0 Å². The van der Waals surface area contributed by atoms with Crippen molar-refractivity contribution >= 4 is 0 Å². The molecule has 8 heteroatoms. The minimum Gasteiger partial charge on any atom is -0.425 e. The molecular weight excluding hydrogens is 248 g/mol. The zero-order valence-electron chi connectivity index (χ0n) is 11.1. The van der Waals surface area contributed by atoms with Gasteiger partial charge >= 0.3 is 0 Å². The van der Waals surface area contributed by atoms with Gasteiger partial charge in [0.2, 0.25) is 0 Å². The molecule has 0 spiro atoms. The second kappa shape index (κ2) is 7.85. The molecule has 19 heavy (non-hydrogen) atoms. The first kappa shape index (κ1) is 13.9. The maximum absolute atomic E-state index is 5.57. The van der Waals surface area contributed by atoms with E-state index in [1.807, 2.05) is 23.6 Å². The Kier molecular flexibility index (Phi) is 5.76. The van der Waals surface area contributed by atoms with E-state index in [2.05, 4.69) is 15.8 Å². The summed E-state index contributed by atoms with van der Waals surface area (Å²) in [5, 5.41) is 10.4. The van der Waals surface area contributed by atoms with Crippen molar-refractivity contribution in [2.45, 2.75) is 13.0 Å². The molecule has 0 amide bonds. The highest BCUT2D eigenvalue weighted by atomic mass is 16.5. The van der Waals surface area contributed by atoms with Gasteiger partial charge in [-0.25, -0.2) is 0 Å². The number of aryl methyl sites for hydroxylation is 1. The Morgan fingerprint density at radius 2 is 2.26 bits per heavy atom. The lowest BCUT2D eigenvalue weighted by Crippen LogP contribution is -3.02. The molecule has 0 radical (unpaired) electrons. The van der Waals surface area contributed by atoms with E-state index in [4.69, 9.17) is 9.47 Å². The molecule has 0 aromatic carbocycles. The van der Waals surface area contributed by atoms with Crippen LogP contribution in [-0.4, -0.2) is 53.6 Å². The number of aromatic nitrogens is 3. The minimum absolute atomic E-state index is 0.539. The maximum Gasteiger partial charge on any atom is 0.178 e. The van der Waals surface area contributed by atoms with E-state index in [0.29, 0.717) is 19.9 Å². The largest absolute Gasteiger partial charge is 0.425 e. The van der Waals surface area contributed by atoms with E-state index in [1.165, 1.54) is 0 Å². The molecule has 1 aromatic rings. The SMILES string of the molecule is COCCN1C=C[NH+](COCCCn2ccnn2)[N-]1. The van der Waals surface area contributed by atoms with Gasteiger partial charge in [0.1, 0.15) is 6.20 Å². The van der Waals surface area contributed by atoms with Crippen molar-refractivity contribution in [2.75, 3.05) is 33.6 Å². The summed E-state index contributed by atoms with van der Waals surface area (Å²) in [5.74, 6) is 0. The molecule has 1 aliphatic heterocycles. The van der Waals surface area contributed by atoms with Gasteiger partial charge in [0.05, 0.1) is 19.4 Å². The van der Waals surface area contributed by atoms with Crippen molar-refractivity contribution in [3.63, 3.8) is 0 Å². The van der Waals surface area contributed by atoms with Gasteiger partial charge in [-0.3, -0.25) is 4.68 Å². The molecule has 0 saturated heterocycles. The van der Waals surface area contributed by atoms with Gasteiger partial charge < -0.3 is 25.0 Å². The fourth-order valence-corrected chi connectivity index (χ4v) is 1.65. The van der Waals surface area contributed by atoms with E-state index in [0.717, 1.165) is 24.5 Å². The van der Waals surface area contributed by atoms with Gasteiger partial charge in [-0.1, -0.05) is 5.21 Å². The summed E-state index contributed by atoms with van der Waals surface area (Å²) in [4.78, 5) is 0. The summed E-state index contributed by atoms with van der Waals surface area (Å²) in [6.45, 7) is 3.48. The third kappa shape index (κ3) is 4.95. The van der Waals surface area contributed by atoms with Crippen LogP contribution < -0.4 is 5.01 Å². The Hall–Kier alpha value is -1.48. The van der Waals surface area contributed by atoms with Crippen LogP contribution >= 0.6 is 0 Å². The summed E-state index contributed by atoms with van der Waals surface area (Å²) in [7, 11) is 1.68. The van der Waals surface area contributed by atoms with Gasteiger partial charge in [-0.05, 0) is 6.42 Å². The molecular formula is C11H20N6O2. The Morgan fingerprint density at radius 3 is 3.05 bits per heavy atom. The standard InChI is InChI=1S/C11H20N6O2/c1-18-10-8-16-6-7-17(14-16)11-19-9-2-4-15-5-3-12-13-15/h3,5-7,17H,2,4,8-11H2,1H3. The topological polar surface area (TPSA) is 71.0 Å². The van der Waals surface area contributed by atoms with Crippen LogP contribution in [0.25, 0.3) is 5.53 Å². The lowest BCUT2D eigenvalue weighted by atomic mass is 10.4. The highest BCUT2D eigenvalue weighted by Gasteiger charge is 2.05. The Labute approximate surface area is 112 Å². The first-order valence-electron chi connectivity index (χ1n) is 6.31. The number of hydrogen-bond donors (Lipinski definition) is 1. The van der Waals surface area contributed by atoms with Crippen molar-refractivity contribution in [3.8, 4) is 0 Å². The van der Waals surface area contributed by atoms with Gasteiger partial charge in [-0.15, -0.1) is 5.10 Å². The Morgan fingerprint density at radius 1 is 1.32 bits per heavy atom. The molecule has 1 aliphatic rings. The minimum atomic E-state index is 0.539. The van der Waals surface area contributed by atoms with Gasteiger partial charge in [0.15, 0.2) is 6.73 Å². The van der Waals surface area contributed by atoms with Crippen LogP contribution in [0.4, 0.5) is 0 Å². The fraction of sp³-hybridized carbons (Fsp3) is 0.636. The summed E-state index contributed by atoms with van der Waals surface area (Å²) < 4.78 is 12.4. The van der Waals surface area contributed by atoms with Crippen LogP contribution in [0.3, 0.4) is 0 Å². The van der Waals surface area contributed by atoms with Crippen molar-refractivity contribution < 1.29 is 14.5 Å². The van der Waals surface area contributed by atoms with Gasteiger partial charge in [0.25, 0.3) is 0 Å². The van der Waals surface area contributed by atoms with E-state index >= 15 is 0 Å². The number of ether oxygens (including phenoxy) is 2. The number of methoxy groups -OCH3 is 1. The van der Waals surface area contributed by atoms with Crippen LogP contribution in [0.5, 0.6) is 0 Å². The van der Waals surface area contributed by atoms with Crippen molar-refractivity contribution in [2.24, 2.45) is 0 Å². The molecule has 0 bridgehead atoms. The molecule has 1 N–H and O–H groups in total. The third-order valence-corrected chi connectivity index (χ3v) is 2.62. The van der Waals surface area contributed by atoms with Gasteiger partial charge in [0, 0.05) is 32.6 Å². The number of nitrogens with one attached hydrogen (secondary N) is 1. The lowest BCUT2D eigenvalue weighted by molar-refractivity contribution is -0.833. The average Bonchev–Trinajstić information content (AvgIpc) is 3.07. The van der Waals surface area contributed by atoms with E-state index < -0.39 is 0 Å². The van der Waals surface area contributed by atoms with Crippen molar-refractivity contribution in [1.29, 1.82) is 0 Å². The summed E-state index contributed by atoms with van der Waals surface area (Å²) in [6, 6.07) is 0. The first-order chi connectivity index (χ1) is 9.38. The highest BCUT2D eigenvalue weighted by molar-refractivity contribution is 4.84. The molecule has 1 aromatic heterocycles. The van der Waals surface area contributed by atoms with Crippen molar-refractivity contribution in [3.05, 3.63) is 30.3 Å². The molecule has 0 aliphatic carbocycles. The molecule has 106 valence electrons. The normalized spacial score (nSPS) is 18.4. The second-order valence-electron chi connectivity index (χ2n) is 4.14. The van der Waals surface area contributed by atoms with Gasteiger partial charge in [-0.2, -0.15) is 0 Å². The number of hydrogen-bond acceptors (Lipinski definition) is 5. The van der Waals surface area contributed by atoms with Crippen LogP contribution in [0.2, 0.25) is 0 Å². The van der Waals surface area contributed by atoms with Crippen LogP contribution in [-0.2, 0) is 16.0 Å². The van der Waals surface area contributed by atoms with E-state index in [1.54, 1.807) is 18.0 Å². The summed E-state index contributed by atoms with van der Waals surface area (Å²) in [5.41, 5.74) is 4.38. The number of rotatable bonds is 9. The zero-order valence-corrected chi connectivity index (χ0v) is 11.1. The number of nitrogens with zero attached hydrogens (tertiary/aromatic N) is 5. The van der Waals surface area contributed by atoms with E-state index in [9.17, 15) is 0 Å². The quantitative estimate of drug-likeness (QED) is 0.592. The highest BCUT2D eigenvalue weighted by Crippen LogP contribution is 1.97. The van der Waals surface area contributed by atoms with E-state index in [-0.39, 0.29) is 0 Å². The molecule has 8 nitrogen and oxygen atoms in total. The molecule has 1 unspecified atom stereocenters. The Balaban J connectivity index is 1.49. The average molecular weight is 268 g/mol. The maximum atomic E-state index is 5.57. The monoisotopic (exact) mass is 268 g/mol. The molecule has 1 atom stereocenters.